The monoisotopic (exact) mass is 310 g/mol. The van der Waals surface area contributed by atoms with Crippen molar-refractivity contribution in [3.05, 3.63) is 53.9 Å². The van der Waals surface area contributed by atoms with Crippen LogP contribution < -0.4 is 4.74 Å². The number of ketones is 1. The number of rotatable bonds is 4. The zero-order chi connectivity index (χ0) is 16.2. The second kappa shape index (κ2) is 6.39. The van der Waals surface area contributed by atoms with Crippen molar-refractivity contribution >= 4 is 23.2 Å². The number of esters is 1. The molecule has 0 aliphatic carbocycles. The van der Waals surface area contributed by atoms with Gasteiger partial charge in [0.2, 0.25) is 0 Å². The van der Waals surface area contributed by atoms with Gasteiger partial charge in [0.1, 0.15) is 12.4 Å². The predicted octanol–water partition coefficient (Wildman–Crippen LogP) is 2.61. The van der Waals surface area contributed by atoms with Gasteiger partial charge in [0.25, 0.3) is 0 Å². The van der Waals surface area contributed by atoms with Crippen molar-refractivity contribution in [2.45, 2.75) is 6.42 Å². The van der Waals surface area contributed by atoms with E-state index < -0.39 is 5.97 Å². The summed E-state index contributed by atoms with van der Waals surface area (Å²) in [6.45, 7) is 0.171. The van der Waals surface area contributed by atoms with E-state index in [0.717, 1.165) is 0 Å². The lowest BCUT2D eigenvalue weighted by Crippen LogP contribution is -2.19. The minimum Gasteiger partial charge on any atom is -0.488 e. The fourth-order valence-electron chi connectivity index (χ4n) is 2.28. The van der Waals surface area contributed by atoms with Crippen molar-refractivity contribution < 1.29 is 19.1 Å². The van der Waals surface area contributed by atoms with Gasteiger partial charge in [0.15, 0.2) is 5.78 Å². The Kier molecular flexibility index (Phi) is 4.14. The van der Waals surface area contributed by atoms with E-state index in [1.54, 1.807) is 42.7 Å². The van der Waals surface area contributed by atoms with Crippen molar-refractivity contribution in [1.82, 2.24) is 4.98 Å². The summed E-state index contributed by atoms with van der Waals surface area (Å²) in [5, 5.41) is 0. The predicted molar refractivity (Wildman–Crippen MR) is 83.6 cm³/mol. The molecule has 0 spiro atoms. The number of ether oxygens (including phenoxy) is 2. The van der Waals surface area contributed by atoms with E-state index in [1.165, 1.54) is 7.11 Å². The van der Waals surface area contributed by atoms with Crippen LogP contribution in [0.15, 0.2) is 47.7 Å². The molecule has 6 heteroatoms. The number of methoxy groups -OCH3 is 1. The molecule has 1 aliphatic heterocycles. The van der Waals surface area contributed by atoms with Crippen LogP contribution in [0, 0.1) is 0 Å². The highest BCUT2D eigenvalue weighted by atomic mass is 16.5. The van der Waals surface area contributed by atoms with Gasteiger partial charge in [-0.25, -0.2) is 4.79 Å². The van der Waals surface area contributed by atoms with Crippen LogP contribution in [0.5, 0.6) is 5.75 Å². The lowest BCUT2D eigenvalue weighted by atomic mass is 10.0. The maximum Gasteiger partial charge on any atom is 0.337 e. The summed E-state index contributed by atoms with van der Waals surface area (Å²) in [7, 11) is 1.32. The Bertz CT molecular complexity index is 799. The van der Waals surface area contributed by atoms with Crippen LogP contribution in [-0.4, -0.2) is 36.2 Å². The number of hydrogen-bond acceptors (Lipinski definition) is 6. The van der Waals surface area contributed by atoms with Crippen LogP contribution in [0.25, 0.3) is 0 Å². The second-order valence-electron chi connectivity index (χ2n) is 4.98. The number of aliphatic imine (C=N–C) groups is 1. The number of fused-ring (bicyclic) bond motifs is 1. The highest BCUT2D eigenvalue weighted by molar-refractivity contribution is 6.16. The SMILES string of the molecule is COC(=O)c1cccc(OCC2=Nc3cnccc3C(=O)C2)c1. The summed E-state index contributed by atoms with van der Waals surface area (Å²) in [5.41, 5.74) is 2.17. The van der Waals surface area contributed by atoms with Gasteiger partial charge in [-0.05, 0) is 24.3 Å². The molecule has 0 N–H and O–H groups in total. The molecule has 0 radical (unpaired) electrons. The minimum atomic E-state index is -0.430. The van der Waals surface area contributed by atoms with Gasteiger partial charge in [-0.2, -0.15) is 0 Å². The normalized spacial score (nSPS) is 13.1. The van der Waals surface area contributed by atoms with Crippen molar-refractivity contribution in [2.75, 3.05) is 13.7 Å². The maximum atomic E-state index is 12.1. The molecule has 116 valence electrons. The second-order valence-corrected chi connectivity index (χ2v) is 4.98. The van der Waals surface area contributed by atoms with Gasteiger partial charge in [-0.15, -0.1) is 0 Å². The molecule has 3 rings (SSSR count). The molecule has 0 saturated heterocycles. The molecular weight excluding hydrogens is 296 g/mol. The van der Waals surface area contributed by atoms with Gasteiger partial charge in [-0.1, -0.05) is 6.07 Å². The lowest BCUT2D eigenvalue weighted by Gasteiger charge is -2.14. The Morgan fingerprint density at radius 2 is 2.17 bits per heavy atom. The van der Waals surface area contributed by atoms with Crippen molar-refractivity contribution in [2.24, 2.45) is 4.99 Å². The number of pyridine rings is 1. The molecule has 6 nitrogen and oxygen atoms in total. The van der Waals surface area contributed by atoms with Crippen LogP contribution in [0.4, 0.5) is 5.69 Å². The topological polar surface area (TPSA) is 77.8 Å². The van der Waals surface area contributed by atoms with E-state index in [0.29, 0.717) is 28.3 Å². The van der Waals surface area contributed by atoms with Crippen LogP contribution in [0.3, 0.4) is 0 Å². The molecule has 0 amide bonds. The van der Waals surface area contributed by atoms with Crippen LogP contribution in [-0.2, 0) is 4.74 Å². The summed E-state index contributed by atoms with van der Waals surface area (Å²) in [6, 6.07) is 8.33. The first kappa shape index (κ1) is 14.9. The third-order valence-corrected chi connectivity index (χ3v) is 3.40. The maximum absolute atomic E-state index is 12.1. The Morgan fingerprint density at radius 1 is 1.30 bits per heavy atom. The molecule has 23 heavy (non-hydrogen) atoms. The zero-order valence-electron chi connectivity index (χ0n) is 12.5. The van der Waals surface area contributed by atoms with E-state index in [1.807, 2.05) is 0 Å². The highest BCUT2D eigenvalue weighted by Crippen LogP contribution is 2.24. The van der Waals surface area contributed by atoms with E-state index in [2.05, 4.69) is 14.7 Å². The van der Waals surface area contributed by atoms with E-state index in [9.17, 15) is 9.59 Å². The van der Waals surface area contributed by atoms with Gasteiger partial charge < -0.3 is 9.47 Å². The van der Waals surface area contributed by atoms with Gasteiger partial charge >= 0.3 is 5.97 Å². The molecule has 2 aromatic rings. The molecule has 1 aliphatic rings. The lowest BCUT2D eigenvalue weighted by molar-refractivity contribution is 0.0600. The smallest absolute Gasteiger partial charge is 0.337 e. The molecule has 1 aromatic heterocycles. The third-order valence-electron chi connectivity index (χ3n) is 3.40. The molecule has 2 heterocycles. The summed E-state index contributed by atoms with van der Waals surface area (Å²) in [5.74, 6) is 0.0833. The first-order valence-corrected chi connectivity index (χ1v) is 7.02. The largest absolute Gasteiger partial charge is 0.488 e. The fourth-order valence-corrected chi connectivity index (χ4v) is 2.28. The van der Waals surface area contributed by atoms with Crippen molar-refractivity contribution in [1.29, 1.82) is 0 Å². The summed E-state index contributed by atoms with van der Waals surface area (Å²) >= 11 is 0. The number of benzene rings is 1. The van der Waals surface area contributed by atoms with Crippen molar-refractivity contribution in [3.8, 4) is 5.75 Å². The van der Waals surface area contributed by atoms with Crippen LogP contribution >= 0.6 is 0 Å². The van der Waals surface area contributed by atoms with Gasteiger partial charge in [0, 0.05) is 11.8 Å². The number of aromatic nitrogens is 1. The Morgan fingerprint density at radius 3 is 3.00 bits per heavy atom. The molecule has 0 bridgehead atoms. The fraction of sp³-hybridized carbons (Fsp3) is 0.176. The molecular formula is C17H14N2O4. The molecule has 0 saturated carbocycles. The highest BCUT2D eigenvalue weighted by Gasteiger charge is 2.20. The summed E-state index contributed by atoms with van der Waals surface area (Å²) in [6.07, 6.45) is 3.35. The van der Waals surface area contributed by atoms with E-state index in [-0.39, 0.29) is 18.8 Å². The molecule has 0 unspecified atom stereocenters. The van der Waals surface area contributed by atoms with Crippen molar-refractivity contribution in [3.63, 3.8) is 0 Å². The molecule has 0 atom stereocenters. The summed E-state index contributed by atoms with van der Waals surface area (Å²) < 4.78 is 10.3. The van der Waals surface area contributed by atoms with E-state index in [4.69, 9.17) is 4.74 Å². The first-order chi connectivity index (χ1) is 11.2. The Labute approximate surface area is 132 Å². The number of Topliss-reactive ketones (excluding diaryl/α,β-unsaturated/α-hetero) is 1. The summed E-state index contributed by atoms with van der Waals surface area (Å²) in [4.78, 5) is 31.9. The van der Waals surface area contributed by atoms with Crippen LogP contribution in [0.1, 0.15) is 27.1 Å². The molecule has 0 fully saturated rings. The number of carbonyl (C=O) groups excluding carboxylic acids is 2. The zero-order valence-corrected chi connectivity index (χ0v) is 12.5. The van der Waals surface area contributed by atoms with Crippen LogP contribution in [0.2, 0.25) is 0 Å². The number of hydrogen-bond donors (Lipinski definition) is 0. The van der Waals surface area contributed by atoms with Gasteiger partial charge in [-0.3, -0.25) is 14.8 Å². The average molecular weight is 310 g/mol. The quantitative estimate of drug-likeness (QED) is 0.811. The van der Waals surface area contributed by atoms with Gasteiger partial charge in [0.05, 0.1) is 36.7 Å². The Hall–Kier alpha value is -3.02. The third kappa shape index (κ3) is 3.26. The number of nitrogens with zero attached hydrogens (tertiary/aromatic N) is 2. The minimum absolute atomic E-state index is 0.000638. The molecule has 1 aromatic carbocycles. The number of carbonyl (C=O) groups is 2. The standard InChI is InChI=1S/C17H14N2O4/c1-22-17(21)11-3-2-4-13(7-11)23-10-12-8-16(20)14-5-6-18-9-15(14)19-12/h2-7,9H,8,10H2,1H3. The first-order valence-electron chi connectivity index (χ1n) is 7.02. The Balaban J connectivity index is 1.73. The average Bonchev–Trinajstić information content (AvgIpc) is 2.59. The van der Waals surface area contributed by atoms with E-state index >= 15 is 0 Å².